The number of hydrogen-bond donors (Lipinski definition) is 2. The maximum atomic E-state index is 12.4. The highest BCUT2D eigenvalue weighted by Crippen LogP contribution is 2.27. The molecular weight excluding hydrogens is 288 g/mol. The Balaban J connectivity index is 2.78. The Morgan fingerprint density at radius 1 is 1.14 bits per heavy atom. The van der Waals surface area contributed by atoms with Crippen molar-refractivity contribution >= 4 is 15.7 Å². The van der Waals surface area contributed by atoms with Gasteiger partial charge in [-0.05, 0) is 56.7 Å². The summed E-state index contributed by atoms with van der Waals surface area (Å²) < 4.78 is 32.5. The molecule has 3 N–H and O–H groups in total. The maximum absolute atomic E-state index is 12.4. The van der Waals surface area contributed by atoms with Crippen LogP contribution in [0.15, 0.2) is 11.0 Å². The summed E-state index contributed by atoms with van der Waals surface area (Å²) in [5.74, 6) is 0. The first kappa shape index (κ1) is 17.9. The Kier molecular flexibility index (Phi) is 6.64. The van der Waals surface area contributed by atoms with Gasteiger partial charge in [0, 0.05) is 25.9 Å². The van der Waals surface area contributed by atoms with E-state index >= 15 is 0 Å². The zero-order valence-electron chi connectivity index (χ0n) is 13.3. The minimum absolute atomic E-state index is 0.308. The largest absolute Gasteiger partial charge is 0.398 e. The fraction of sp³-hybridized carbons (Fsp3) is 0.600. The van der Waals surface area contributed by atoms with Crippen molar-refractivity contribution in [1.29, 1.82) is 0 Å². The van der Waals surface area contributed by atoms with Crippen molar-refractivity contribution in [3.8, 4) is 0 Å². The molecular formula is C15H26N2O3S. The Bertz CT molecular complexity index is 583. The van der Waals surface area contributed by atoms with Crippen molar-refractivity contribution in [3.05, 3.63) is 22.8 Å². The maximum Gasteiger partial charge on any atom is 0.241 e. The van der Waals surface area contributed by atoms with E-state index < -0.39 is 10.0 Å². The van der Waals surface area contributed by atoms with Gasteiger partial charge in [0.15, 0.2) is 0 Å². The third kappa shape index (κ3) is 4.69. The Labute approximate surface area is 127 Å². The Hall–Kier alpha value is -1.11. The summed E-state index contributed by atoms with van der Waals surface area (Å²) in [5.41, 5.74) is 8.75. The van der Waals surface area contributed by atoms with Crippen molar-refractivity contribution in [1.82, 2.24) is 4.72 Å². The molecule has 0 aliphatic heterocycles. The SMILES string of the molecule is COCCCCCNS(=O)(=O)c1c(C)cc(C)c(N)c1C. The summed E-state index contributed by atoms with van der Waals surface area (Å²) in [6, 6.07) is 1.81. The minimum atomic E-state index is -3.51. The van der Waals surface area contributed by atoms with E-state index in [1.807, 2.05) is 13.0 Å². The third-order valence-corrected chi connectivity index (χ3v) is 5.30. The van der Waals surface area contributed by atoms with Crippen LogP contribution < -0.4 is 10.5 Å². The number of nitrogen functional groups attached to an aromatic ring is 1. The van der Waals surface area contributed by atoms with E-state index in [1.165, 1.54) is 0 Å². The van der Waals surface area contributed by atoms with E-state index in [9.17, 15) is 8.42 Å². The molecule has 21 heavy (non-hydrogen) atoms. The van der Waals surface area contributed by atoms with E-state index in [-0.39, 0.29) is 0 Å². The van der Waals surface area contributed by atoms with Crippen LogP contribution >= 0.6 is 0 Å². The predicted octanol–water partition coefficient (Wildman–Crippen LogP) is 2.29. The molecule has 0 saturated heterocycles. The van der Waals surface area contributed by atoms with Crippen LogP contribution in [-0.4, -0.2) is 28.7 Å². The first-order valence-electron chi connectivity index (χ1n) is 7.16. The Morgan fingerprint density at radius 3 is 2.43 bits per heavy atom. The van der Waals surface area contributed by atoms with E-state index in [1.54, 1.807) is 21.0 Å². The highest BCUT2D eigenvalue weighted by molar-refractivity contribution is 7.89. The van der Waals surface area contributed by atoms with Crippen LogP contribution in [0.3, 0.4) is 0 Å². The number of anilines is 1. The second-order valence-electron chi connectivity index (χ2n) is 5.33. The average molecular weight is 314 g/mol. The van der Waals surface area contributed by atoms with Gasteiger partial charge in [0.2, 0.25) is 10.0 Å². The Morgan fingerprint density at radius 2 is 1.81 bits per heavy atom. The van der Waals surface area contributed by atoms with Crippen LogP contribution in [0.2, 0.25) is 0 Å². The molecule has 0 aliphatic rings. The quantitative estimate of drug-likeness (QED) is 0.570. The number of benzene rings is 1. The van der Waals surface area contributed by atoms with Gasteiger partial charge in [-0.25, -0.2) is 13.1 Å². The lowest BCUT2D eigenvalue weighted by molar-refractivity contribution is 0.192. The molecule has 1 aromatic rings. The van der Waals surface area contributed by atoms with Crippen LogP contribution in [0.4, 0.5) is 5.69 Å². The standard InChI is InChI=1S/C15H26N2O3S/c1-11-10-12(2)15(13(3)14(11)16)21(18,19)17-8-6-5-7-9-20-4/h10,17H,5-9,16H2,1-4H3. The molecule has 0 spiro atoms. The van der Waals surface area contributed by atoms with Gasteiger partial charge in [0.1, 0.15) is 0 Å². The molecule has 0 radical (unpaired) electrons. The lowest BCUT2D eigenvalue weighted by atomic mass is 10.1. The van der Waals surface area contributed by atoms with Gasteiger partial charge in [-0.15, -0.1) is 0 Å². The lowest BCUT2D eigenvalue weighted by Gasteiger charge is -2.15. The van der Waals surface area contributed by atoms with Crippen LogP contribution in [0.25, 0.3) is 0 Å². The number of aryl methyl sites for hydroxylation is 2. The second-order valence-corrected chi connectivity index (χ2v) is 7.03. The number of ether oxygens (including phenoxy) is 1. The summed E-state index contributed by atoms with van der Waals surface area (Å²) in [7, 11) is -1.85. The molecule has 0 aromatic heterocycles. The number of hydrogen-bond acceptors (Lipinski definition) is 4. The van der Waals surface area contributed by atoms with Gasteiger partial charge in [0.05, 0.1) is 4.90 Å². The minimum Gasteiger partial charge on any atom is -0.398 e. The molecule has 0 fully saturated rings. The van der Waals surface area contributed by atoms with Crippen LogP contribution in [-0.2, 0) is 14.8 Å². The fourth-order valence-corrected chi connectivity index (χ4v) is 3.98. The molecule has 0 saturated carbocycles. The van der Waals surface area contributed by atoms with Gasteiger partial charge in [-0.2, -0.15) is 0 Å². The van der Waals surface area contributed by atoms with E-state index in [4.69, 9.17) is 10.5 Å². The zero-order chi connectivity index (χ0) is 16.0. The van der Waals surface area contributed by atoms with E-state index in [0.717, 1.165) is 30.4 Å². The fourth-order valence-electron chi connectivity index (χ4n) is 2.42. The number of sulfonamides is 1. The van der Waals surface area contributed by atoms with E-state index in [0.29, 0.717) is 29.3 Å². The summed E-state index contributed by atoms with van der Waals surface area (Å²) in [6.45, 7) is 6.57. The molecule has 0 unspecified atom stereocenters. The molecule has 0 atom stereocenters. The van der Waals surface area contributed by atoms with Crippen molar-refractivity contribution in [2.24, 2.45) is 0 Å². The zero-order valence-corrected chi connectivity index (χ0v) is 14.1. The van der Waals surface area contributed by atoms with Crippen LogP contribution in [0, 0.1) is 20.8 Å². The summed E-state index contributed by atoms with van der Waals surface area (Å²) in [5, 5.41) is 0. The molecule has 120 valence electrons. The molecule has 0 aliphatic carbocycles. The number of nitrogens with two attached hydrogens (primary N) is 1. The highest BCUT2D eigenvalue weighted by atomic mass is 32.2. The first-order valence-corrected chi connectivity index (χ1v) is 8.64. The average Bonchev–Trinajstić information content (AvgIpc) is 2.40. The molecule has 1 rings (SSSR count). The van der Waals surface area contributed by atoms with Gasteiger partial charge in [-0.1, -0.05) is 6.07 Å². The summed E-state index contributed by atoms with van der Waals surface area (Å²) >= 11 is 0. The monoisotopic (exact) mass is 314 g/mol. The van der Waals surface area contributed by atoms with Crippen LogP contribution in [0.1, 0.15) is 36.0 Å². The van der Waals surface area contributed by atoms with Crippen LogP contribution in [0.5, 0.6) is 0 Å². The second kappa shape index (κ2) is 7.77. The molecule has 0 amide bonds. The third-order valence-electron chi connectivity index (χ3n) is 3.55. The summed E-state index contributed by atoms with van der Waals surface area (Å²) in [6.07, 6.45) is 2.67. The van der Waals surface area contributed by atoms with Gasteiger partial charge in [0.25, 0.3) is 0 Å². The van der Waals surface area contributed by atoms with Crippen molar-refractivity contribution < 1.29 is 13.2 Å². The number of nitrogens with one attached hydrogen (secondary N) is 1. The van der Waals surface area contributed by atoms with Gasteiger partial charge < -0.3 is 10.5 Å². The normalized spacial score (nSPS) is 11.8. The number of rotatable bonds is 8. The molecule has 1 aromatic carbocycles. The van der Waals surface area contributed by atoms with Crippen molar-refractivity contribution in [3.63, 3.8) is 0 Å². The highest BCUT2D eigenvalue weighted by Gasteiger charge is 2.21. The van der Waals surface area contributed by atoms with Crippen molar-refractivity contribution in [2.75, 3.05) is 26.0 Å². The first-order chi connectivity index (χ1) is 9.81. The molecule has 0 heterocycles. The lowest BCUT2D eigenvalue weighted by Crippen LogP contribution is -2.26. The molecule has 5 nitrogen and oxygen atoms in total. The number of unbranched alkanes of at least 4 members (excludes halogenated alkanes) is 2. The predicted molar refractivity (Wildman–Crippen MR) is 86.0 cm³/mol. The molecule has 6 heteroatoms. The number of methoxy groups -OCH3 is 1. The van der Waals surface area contributed by atoms with Crippen molar-refractivity contribution in [2.45, 2.75) is 44.9 Å². The smallest absolute Gasteiger partial charge is 0.241 e. The summed E-state index contributed by atoms with van der Waals surface area (Å²) in [4.78, 5) is 0.308. The van der Waals surface area contributed by atoms with Gasteiger partial charge in [-0.3, -0.25) is 0 Å². The van der Waals surface area contributed by atoms with E-state index in [2.05, 4.69) is 4.72 Å². The van der Waals surface area contributed by atoms with Gasteiger partial charge >= 0.3 is 0 Å². The topological polar surface area (TPSA) is 81.4 Å². The molecule has 0 bridgehead atoms.